The van der Waals surface area contributed by atoms with Crippen molar-refractivity contribution in [2.75, 3.05) is 13.7 Å². The van der Waals surface area contributed by atoms with E-state index in [1.54, 1.807) is 12.1 Å². The molecule has 0 unspecified atom stereocenters. The van der Waals surface area contributed by atoms with Gasteiger partial charge in [0, 0.05) is 9.50 Å². The van der Waals surface area contributed by atoms with E-state index in [1.807, 2.05) is 30.3 Å². The first-order chi connectivity index (χ1) is 21.0. The van der Waals surface area contributed by atoms with Gasteiger partial charge in [-0.15, -0.1) is 0 Å². The molecule has 0 radical (unpaired) electrons. The van der Waals surface area contributed by atoms with Crippen LogP contribution >= 0.6 is 38.9 Å². The molecule has 0 saturated heterocycles. The van der Waals surface area contributed by atoms with E-state index in [0.717, 1.165) is 21.5 Å². The van der Waals surface area contributed by atoms with Gasteiger partial charge in [0.2, 0.25) is 0 Å². The van der Waals surface area contributed by atoms with Crippen LogP contribution in [0.15, 0.2) is 92.3 Å². The van der Waals surface area contributed by atoms with E-state index < -0.39 is 35.0 Å². The molecule has 0 saturated carbocycles. The molecule has 7 nitrogen and oxygen atoms in total. The van der Waals surface area contributed by atoms with Gasteiger partial charge in [0.1, 0.15) is 6.61 Å². The molecule has 228 valence electrons. The van der Waals surface area contributed by atoms with Crippen LogP contribution in [-0.2, 0) is 16.1 Å². The zero-order valence-electron chi connectivity index (χ0n) is 23.2. The van der Waals surface area contributed by atoms with Crippen molar-refractivity contribution in [1.82, 2.24) is 4.57 Å². The highest BCUT2D eigenvalue weighted by atomic mass is 79.9. The topological polar surface area (TPSA) is 79.1 Å². The molecule has 3 aromatic carbocycles. The number of allylic oxidation sites excluding steroid dienone is 1. The summed E-state index contributed by atoms with van der Waals surface area (Å²) in [7, 11) is 1.47. The van der Waals surface area contributed by atoms with Crippen molar-refractivity contribution < 1.29 is 32.2 Å². The van der Waals surface area contributed by atoms with E-state index in [0.29, 0.717) is 26.6 Å². The minimum absolute atomic E-state index is 0.0788. The maximum absolute atomic E-state index is 14.3. The second-order valence-corrected chi connectivity index (χ2v) is 11.7. The summed E-state index contributed by atoms with van der Waals surface area (Å²) in [6.07, 6.45) is -3.49. The van der Waals surface area contributed by atoms with Gasteiger partial charge in [0.25, 0.3) is 5.56 Å². The highest BCUT2D eigenvalue weighted by Gasteiger charge is 2.45. The van der Waals surface area contributed by atoms with E-state index in [9.17, 15) is 22.8 Å². The number of aromatic nitrogens is 1. The Morgan fingerprint density at radius 1 is 1.11 bits per heavy atom. The number of nitrogens with zero attached hydrogens (tertiary/aromatic N) is 2. The SMILES string of the molecule is CCOC(=O)C1=C(C(F)(F)F)N=c2s/c(=C\c3cc(OC)c(OCc4ccccc4)cc3Br)c(=O)n2[C@@H]1c1ccc(Cl)cc1. The quantitative estimate of drug-likeness (QED) is 0.200. The standard InChI is InChI=1S/C31H23BrClF3N2O5S/c1-3-42-29(40)25-26(18-9-11-20(33)12-10-18)38-28(39)24(44-30(38)37-27(25)31(34,35)36)14-19-13-22(41-2)23(15-21(19)32)43-16-17-7-5-4-6-8-17/h4-15,26H,3,16H2,1-2H3/b24-14-/t26-/m1/s1. The zero-order chi connectivity index (χ0) is 31.6. The number of ether oxygens (including phenoxy) is 3. The van der Waals surface area contributed by atoms with Crippen molar-refractivity contribution >= 4 is 50.9 Å². The summed E-state index contributed by atoms with van der Waals surface area (Å²) in [4.78, 5) is 30.4. The molecule has 1 aliphatic heterocycles. The Balaban J connectivity index is 1.66. The monoisotopic (exact) mass is 706 g/mol. The number of hydrogen-bond donors (Lipinski definition) is 0. The maximum Gasteiger partial charge on any atom is 0.434 e. The van der Waals surface area contributed by atoms with Crippen LogP contribution in [0.3, 0.4) is 0 Å². The summed E-state index contributed by atoms with van der Waals surface area (Å²) < 4.78 is 61.2. The van der Waals surface area contributed by atoms with Crippen LogP contribution < -0.4 is 24.4 Å². The number of rotatable bonds is 8. The van der Waals surface area contributed by atoms with Crippen molar-refractivity contribution in [2.24, 2.45) is 4.99 Å². The molecular weight excluding hydrogens is 685 g/mol. The van der Waals surface area contributed by atoms with Crippen LogP contribution in [0, 0.1) is 0 Å². The molecular formula is C31H23BrClF3N2O5S. The number of thiazole rings is 1. The molecule has 1 aliphatic rings. The lowest BCUT2D eigenvalue weighted by Gasteiger charge is -2.26. The first-order valence-corrected chi connectivity index (χ1v) is 15.1. The summed E-state index contributed by atoms with van der Waals surface area (Å²) in [6.45, 7) is 1.59. The van der Waals surface area contributed by atoms with E-state index in [4.69, 9.17) is 25.8 Å². The molecule has 0 fully saturated rings. The Bertz CT molecular complexity index is 1920. The summed E-state index contributed by atoms with van der Waals surface area (Å²) in [5.74, 6) is -0.402. The Labute approximate surface area is 266 Å². The normalized spacial score (nSPS) is 15.1. The fourth-order valence-corrected chi connectivity index (χ4v) is 6.17. The van der Waals surface area contributed by atoms with Gasteiger partial charge in [-0.25, -0.2) is 9.79 Å². The Kier molecular flexibility index (Phi) is 9.33. The van der Waals surface area contributed by atoms with Gasteiger partial charge >= 0.3 is 12.1 Å². The predicted molar refractivity (Wildman–Crippen MR) is 164 cm³/mol. The second-order valence-electron chi connectivity index (χ2n) is 9.41. The van der Waals surface area contributed by atoms with Crippen molar-refractivity contribution in [2.45, 2.75) is 25.7 Å². The molecule has 1 atom stereocenters. The molecule has 44 heavy (non-hydrogen) atoms. The van der Waals surface area contributed by atoms with Gasteiger partial charge in [-0.05, 0) is 54.0 Å². The van der Waals surface area contributed by atoms with Crippen LogP contribution in [0.5, 0.6) is 11.5 Å². The largest absolute Gasteiger partial charge is 0.493 e. The molecule has 0 spiro atoms. The Hall–Kier alpha value is -3.87. The number of fused-ring (bicyclic) bond motifs is 1. The first kappa shape index (κ1) is 31.6. The molecule has 0 bridgehead atoms. The van der Waals surface area contributed by atoms with Crippen molar-refractivity contribution in [3.63, 3.8) is 0 Å². The number of hydrogen-bond acceptors (Lipinski definition) is 7. The average Bonchev–Trinajstić information content (AvgIpc) is 3.31. The average molecular weight is 708 g/mol. The Morgan fingerprint density at radius 3 is 2.45 bits per heavy atom. The summed E-state index contributed by atoms with van der Waals surface area (Å²) in [5.41, 5.74) is -1.18. The fourth-order valence-electron chi connectivity index (χ4n) is 4.61. The van der Waals surface area contributed by atoms with Gasteiger partial charge in [-0.3, -0.25) is 9.36 Å². The predicted octanol–water partition coefficient (Wildman–Crippen LogP) is 6.34. The third-order valence-electron chi connectivity index (χ3n) is 6.59. The summed E-state index contributed by atoms with van der Waals surface area (Å²) in [6, 6.07) is 17.2. The van der Waals surface area contributed by atoms with Crippen LogP contribution in [-0.4, -0.2) is 30.4 Å². The smallest absolute Gasteiger partial charge is 0.434 e. The number of alkyl halides is 3. The first-order valence-electron chi connectivity index (χ1n) is 13.1. The highest BCUT2D eigenvalue weighted by molar-refractivity contribution is 9.10. The van der Waals surface area contributed by atoms with E-state index in [1.165, 1.54) is 44.4 Å². The molecule has 13 heteroatoms. The third kappa shape index (κ3) is 6.47. The van der Waals surface area contributed by atoms with E-state index in [2.05, 4.69) is 20.9 Å². The summed E-state index contributed by atoms with van der Waals surface area (Å²) >= 11 is 10.3. The molecule has 0 aliphatic carbocycles. The number of benzene rings is 3. The van der Waals surface area contributed by atoms with Gasteiger partial charge < -0.3 is 14.2 Å². The lowest BCUT2D eigenvalue weighted by molar-refractivity contribution is -0.140. The van der Waals surface area contributed by atoms with Crippen LogP contribution in [0.1, 0.15) is 29.7 Å². The lowest BCUT2D eigenvalue weighted by atomic mass is 9.95. The fraction of sp³-hybridized carbons (Fsp3) is 0.194. The molecule has 2 heterocycles. The number of carbonyl (C=O) groups is 1. The molecule has 0 N–H and O–H groups in total. The number of carbonyl (C=O) groups excluding carboxylic acids is 1. The van der Waals surface area contributed by atoms with Gasteiger partial charge in [-0.2, -0.15) is 13.2 Å². The van der Waals surface area contributed by atoms with Crippen LogP contribution in [0.25, 0.3) is 6.08 Å². The number of esters is 1. The molecule has 4 aromatic rings. The second kappa shape index (κ2) is 13.0. The van der Waals surface area contributed by atoms with Gasteiger partial charge in [0.05, 0.1) is 29.9 Å². The minimum Gasteiger partial charge on any atom is -0.493 e. The Morgan fingerprint density at radius 2 is 1.82 bits per heavy atom. The van der Waals surface area contributed by atoms with Gasteiger partial charge in [-0.1, -0.05) is 81.3 Å². The molecule has 5 rings (SSSR count). The van der Waals surface area contributed by atoms with E-state index in [-0.39, 0.29) is 28.1 Å². The van der Waals surface area contributed by atoms with Gasteiger partial charge in [0.15, 0.2) is 22.0 Å². The van der Waals surface area contributed by atoms with Crippen molar-refractivity contribution in [1.29, 1.82) is 0 Å². The zero-order valence-corrected chi connectivity index (χ0v) is 26.3. The minimum atomic E-state index is -5.01. The van der Waals surface area contributed by atoms with E-state index >= 15 is 0 Å². The highest BCUT2D eigenvalue weighted by Crippen LogP contribution is 2.39. The molecule has 1 aromatic heterocycles. The van der Waals surface area contributed by atoms with Crippen molar-refractivity contribution in [3.05, 3.63) is 124 Å². The van der Waals surface area contributed by atoms with Crippen LogP contribution in [0.4, 0.5) is 13.2 Å². The third-order valence-corrected chi connectivity index (χ3v) is 8.51. The lowest BCUT2D eigenvalue weighted by Crippen LogP contribution is -2.41. The maximum atomic E-state index is 14.3. The molecule has 0 amide bonds. The summed E-state index contributed by atoms with van der Waals surface area (Å²) in [5, 5.41) is 0.328. The van der Waals surface area contributed by atoms with Crippen LogP contribution in [0.2, 0.25) is 5.02 Å². The van der Waals surface area contributed by atoms with Crippen molar-refractivity contribution in [3.8, 4) is 11.5 Å². The number of halogens is 5. The number of methoxy groups -OCH3 is 1.